The zero-order valence-electron chi connectivity index (χ0n) is 11.7. The summed E-state index contributed by atoms with van der Waals surface area (Å²) in [6.45, 7) is 2.53. The Kier molecular flexibility index (Phi) is 4.25. The molecule has 114 valence electrons. The summed E-state index contributed by atoms with van der Waals surface area (Å²) in [5, 5.41) is 23.5. The van der Waals surface area contributed by atoms with Gasteiger partial charge in [-0.2, -0.15) is 4.68 Å². The molecule has 0 saturated heterocycles. The second-order valence-electron chi connectivity index (χ2n) is 4.53. The maximum Gasteiger partial charge on any atom is 0.307 e. The Morgan fingerprint density at radius 3 is 2.77 bits per heavy atom. The average Bonchev–Trinajstić information content (AvgIpc) is 3.09. The van der Waals surface area contributed by atoms with Crippen LogP contribution >= 0.6 is 23.1 Å². The van der Waals surface area contributed by atoms with Crippen molar-refractivity contribution in [2.45, 2.75) is 18.6 Å². The van der Waals surface area contributed by atoms with Crippen molar-refractivity contribution in [1.29, 1.82) is 0 Å². The molecule has 3 aromatic rings. The minimum Gasteiger partial charge on any atom is -0.508 e. The number of aryl methyl sites for hydroxylation is 1. The number of thioether (sulfide) groups is 1. The molecule has 2 heterocycles. The van der Waals surface area contributed by atoms with Gasteiger partial charge in [-0.15, -0.1) is 5.10 Å². The maximum absolute atomic E-state index is 11.7. The third-order valence-electron chi connectivity index (χ3n) is 3.06. The Hall–Kier alpha value is -2.13. The van der Waals surface area contributed by atoms with E-state index in [1.165, 1.54) is 23.1 Å². The molecule has 0 aliphatic heterocycles. The zero-order valence-corrected chi connectivity index (χ0v) is 13.3. The molecule has 0 saturated carbocycles. The van der Waals surface area contributed by atoms with Crippen LogP contribution in [0.25, 0.3) is 5.69 Å². The number of hydrogen-bond donors (Lipinski definition) is 1. The number of rotatable bonds is 5. The molecule has 0 unspecified atom stereocenters. The van der Waals surface area contributed by atoms with Crippen molar-refractivity contribution in [2.24, 2.45) is 0 Å². The Morgan fingerprint density at radius 1 is 1.32 bits per heavy atom. The summed E-state index contributed by atoms with van der Waals surface area (Å²) in [7, 11) is 0. The van der Waals surface area contributed by atoms with Gasteiger partial charge in [0.05, 0.1) is 5.69 Å². The van der Waals surface area contributed by atoms with Crippen LogP contribution in [0.15, 0.2) is 39.6 Å². The van der Waals surface area contributed by atoms with Gasteiger partial charge >= 0.3 is 4.87 Å². The Bertz CT molecular complexity index is 822. The molecule has 3 rings (SSSR count). The Morgan fingerprint density at radius 2 is 2.09 bits per heavy atom. The van der Waals surface area contributed by atoms with Crippen molar-refractivity contribution in [3.63, 3.8) is 0 Å². The van der Waals surface area contributed by atoms with Crippen molar-refractivity contribution >= 4 is 23.1 Å². The maximum atomic E-state index is 11.7. The molecular weight excluding hydrogens is 322 g/mol. The van der Waals surface area contributed by atoms with E-state index in [4.69, 9.17) is 0 Å². The number of aromatic nitrogens is 5. The summed E-state index contributed by atoms with van der Waals surface area (Å²) >= 11 is 2.69. The predicted molar refractivity (Wildman–Crippen MR) is 84.9 cm³/mol. The number of benzene rings is 1. The largest absolute Gasteiger partial charge is 0.508 e. The van der Waals surface area contributed by atoms with Crippen molar-refractivity contribution < 1.29 is 5.11 Å². The lowest BCUT2D eigenvalue weighted by molar-refractivity contribution is 0.475. The molecule has 0 spiro atoms. The fourth-order valence-electron chi connectivity index (χ4n) is 1.93. The Balaban J connectivity index is 1.71. The van der Waals surface area contributed by atoms with E-state index in [2.05, 4.69) is 15.5 Å². The molecule has 0 radical (unpaired) electrons. The molecule has 0 atom stereocenters. The van der Waals surface area contributed by atoms with E-state index in [-0.39, 0.29) is 10.6 Å². The number of aromatic hydroxyl groups is 1. The highest BCUT2D eigenvalue weighted by Gasteiger charge is 2.10. The summed E-state index contributed by atoms with van der Waals surface area (Å²) in [5.74, 6) is 0.883. The summed E-state index contributed by atoms with van der Waals surface area (Å²) in [5.41, 5.74) is 1.74. The fourth-order valence-corrected chi connectivity index (χ4v) is 3.50. The molecule has 0 fully saturated rings. The van der Waals surface area contributed by atoms with E-state index in [0.717, 1.165) is 11.4 Å². The van der Waals surface area contributed by atoms with Crippen LogP contribution in [0.5, 0.6) is 5.75 Å². The van der Waals surface area contributed by atoms with Crippen LogP contribution in [-0.2, 0) is 6.54 Å². The van der Waals surface area contributed by atoms with Crippen LogP contribution in [0.3, 0.4) is 0 Å². The monoisotopic (exact) mass is 335 g/mol. The first-order valence-electron chi connectivity index (χ1n) is 6.50. The topological polar surface area (TPSA) is 85.8 Å². The molecule has 0 bridgehead atoms. The zero-order chi connectivity index (χ0) is 15.5. The van der Waals surface area contributed by atoms with E-state index >= 15 is 0 Å². The lowest BCUT2D eigenvalue weighted by atomic mass is 10.3. The Labute approximate surface area is 134 Å². The highest BCUT2D eigenvalue weighted by atomic mass is 32.2. The van der Waals surface area contributed by atoms with Crippen molar-refractivity contribution in [2.75, 3.05) is 5.75 Å². The van der Waals surface area contributed by atoms with E-state index < -0.39 is 0 Å². The highest BCUT2D eigenvalue weighted by Crippen LogP contribution is 2.20. The molecule has 0 aliphatic rings. The molecule has 1 N–H and O–H groups in total. The van der Waals surface area contributed by atoms with E-state index in [9.17, 15) is 9.90 Å². The fraction of sp³-hybridized carbons (Fsp3) is 0.231. The first-order chi connectivity index (χ1) is 10.6. The van der Waals surface area contributed by atoms with Crippen molar-refractivity contribution in [3.8, 4) is 11.4 Å². The predicted octanol–water partition coefficient (Wildman–Crippen LogP) is 1.69. The van der Waals surface area contributed by atoms with Crippen molar-refractivity contribution in [1.82, 2.24) is 24.8 Å². The highest BCUT2D eigenvalue weighted by molar-refractivity contribution is 7.99. The number of nitrogens with zero attached hydrogens (tertiary/aromatic N) is 5. The van der Waals surface area contributed by atoms with E-state index in [1.807, 2.05) is 12.3 Å². The van der Waals surface area contributed by atoms with Gasteiger partial charge in [-0.05, 0) is 41.6 Å². The first kappa shape index (κ1) is 14.8. The third kappa shape index (κ3) is 3.04. The number of tetrazole rings is 1. The summed E-state index contributed by atoms with van der Waals surface area (Å²) in [4.78, 5) is 11.7. The SMILES string of the molecule is Cc1csc(=O)n1CCSc1nnnn1-c1ccc(O)cc1. The van der Waals surface area contributed by atoms with Crippen LogP contribution in [0, 0.1) is 6.92 Å². The molecule has 2 aromatic heterocycles. The molecular formula is C13H13N5O2S2. The first-order valence-corrected chi connectivity index (χ1v) is 8.37. The number of thiazole rings is 1. The average molecular weight is 335 g/mol. The second kappa shape index (κ2) is 6.32. The lowest BCUT2D eigenvalue weighted by Crippen LogP contribution is -2.16. The minimum absolute atomic E-state index is 0.0521. The van der Waals surface area contributed by atoms with Gasteiger partial charge in [0.25, 0.3) is 0 Å². The van der Waals surface area contributed by atoms with E-state index in [1.54, 1.807) is 33.5 Å². The summed E-state index contributed by atoms with van der Waals surface area (Å²) in [6, 6.07) is 6.64. The molecule has 0 aliphatic carbocycles. The van der Waals surface area contributed by atoms with Crippen LogP contribution in [0.4, 0.5) is 0 Å². The van der Waals surface area contributed by atoms with Crippen LogP contribution in [-0.4, -0.2) is 35.6 Å². The van der Waals surface area contributed by atoms with Gasteiger partial charge in [0.15, 0.2) is 0 Å². The number of hydrogen-bond acceptors (Lipinski definition) is 7. The number of phenols is 1. The van der Waals surface area contributed by atoms with Gasteiger partial charge in [-0.3, -0.25) is 4.79 Å². The second-order valence-corrected chi connectivity index (χ2v) is 6.42. The smallest absolute Gasteiger partial charge is 0.307 e. The third-order valence-corrected chi connectivity index (χ3v) is 4.84. The lowest BCUT2D eigenvalue weighted by Gasteiger charge is -2.05. The van der Waals surface area contributed by atoms with Crippen LogP contribution < -0.4 is 4.87 Å². The van der Waals surface area contributed by atoms with Gasteiger partial charge in [0.1, 0.15) is 5.75 Å². The van der Waals surface area contributed by atoms with Gasteiger partial charge in [-0.25, -0.2) is 0 Å². The van der Waals surface area contributed by atoms with Gasteiger partial charge in [-0.1, -0.05) is 23.1 Å². The standard InChI is InChI=1S/C13H13N5O2S2/c1-9-8-22-13(20)17(9)6-7-21-12-14-15-16-18(12)10-2-4-11(19)5-3-10/h2-5,8,19H,6-7H2,1H3. The molecule has 22 heavy (non-hydrogen) atoms. The minimum atomic E-state index is 0.0521. The van der Waals surface area contributed by atoms with Crippen LogP contribution in [0.1, 0.15) is 5.69 Å². The quantitative estimate of drug-likeness (QED) is 0.714. The molecule has 0 amide bonds. The summed E-state index contributed by atoms with van der Waals surface area (Å²) in [6.07, 6.45) is 0. The molecule has 9 heteroatoms. The normalized spacial score (nSPS) is 11.0. The van der Waals surface area contributed by atoms with Gasteiger partial charge < -0.3 is 9.67 Å². The molecule has 7 nitrogen and oxygen atoms in total. The van der Waals surface area contributed by atoms with Gasteiger partial charge in [0.2, 0.25) is 5.16 Å². The molecule has 1 aromatic carbocycles. The van der Waals surface area contributed by atoms with Gasteiger partial charge in [0, 0.05) is 23.4 Å². The number of phenolic OH excluding ortho intramolecular Hbond substituents is 1. The summed E-state index contributed by atoms with van der Waals surface area (Å²) < 4.78 is 3.35. The van der Waals surface area contributed by atoms with E-state index in [0.29, 0.717) is 17.5 Å². The van der Waals surface area contributed by atoms with Crippen LogP contribution in [0.2, 0.25) is 0 Å². The van der Waals surface area contributed by atoms with Crippen molar-refractivity contribution in [3.05, 3.63) is 45.0 Å².